The molecule has 0 aromatic rings. The van der Waals surface area contributed by atoms with Gasteiger partial charge in [-0.2, -0.15) is 0 Å². The maximum absolute atomic E-state index is 2.59. The van der Waals surface area contributed by atoms with E-state index >= 15 is 0 Å². The Kier molecular flexibility index (Phi) is 3.80. The van der Waals surface area contributed by atoms with Crippen LogP contribution >= 0.6 is 0 Å². The van der Waals surface area contributed by atoms with Crippen molar-refractivity contribution in [2.45, 2.75) is 45.4 Å². The summed E-state index contributed by atoms with van der Waals surface area (Å²) in [5.74, 6) is 0. The third-order valence-electron chi connectivity index (χ3n) is 4.23. The van der Waals surface area contributed by atoms with Crippen LogP contribution in [0.4, 0.5) is 0 Å². The van der Waals surface area contributed by atoms with Crippen LogP contribution in [0.3, 0.4) is 0 Å². The van der Waals surface area contributed by atoms with Crippen molar-refractivity contribution in [3.8, 4) is 0 Å². The first-order valence-corrected chi connectivity index (χ1v) is 5.91. The molecule has 2 atom stereocenters. The lowest BCUT2D eigenvalue weighted by molar-refractivity contribution is -0.0598. The molecule has 1 heterocycles. The minimum atomic E-state index is 0.157. The van der Waals surface area contributed by atoms with Crippen molar-refractivity contribution in [3.05, 3.63) is 0 Å². The molecular weight excluding hydrogens is 186 g/mol. The second-order valence-electron chi connectivity index (χ2n) is 5.66. The molecule has 0 N–H and O–H groups in total. The fourth-order valence-electron chi connectivity index (χ4n) is 2.13. The third-order valence-corrected chi connectivity index (χ3v) is 4.23. The number of piperazine rings is 1. The van der Waals surface area contributed by atoms with Crippen molar-refractivity contribution < 1.29 is 0 Å². The van der Waals surface area contributed by atoms with E-state index in [0.29, 0.717) is 12.1 Å². The molecule has 0 saturated carbocycles. The van der Waals surface area contributed by atoms with Gasteiger partial charge < -0.3 is 0 Å². The van der Waals surface area contributed by atoms with Crippen LogP contribution in [0.1, 0.15) is 27.7 Å². The maximum Gasteiger partial charge on any atom is 0.0675 e. The molecule has 15 heavy (non-hydrogen) atoms. The molecule has 1 saturated heterocycles. The molecule has 0 bridgehead atoms. The van der Waals surface area contributed by atoms with Crippen LogP contribution in [-0.4, -0.2) is 66.7 Å². The molecule has 90 valence electrons. The van der Waals surface area contributed by atoms with Gasteiger partial charge in [-0.05, 0) is 48.8 Å². The first-order valence-electron chi connectivity index (χ1n) is 5.91. The Hall–Kier alpha value is -0.120. The third kappa shape index (κ3) is 2.52. The van der Waals surface area contributed by atoms with Gasteiger partial charge in [0.25, 0.3) is 0 Å². The molecule has 1 aliphatic rings. The first-order chi connectivity index (χ1) is 6.76. The van der Waals surface area contributed by atoms with Gasteiger partial charge in [0.05, 0.1) is 5.66 Å². The standard InChI is InChI=1S/C12H27N3/c1-10-8-15(9-11(2)14(10)7)12(3,4)13(5)6/h10-11H,8-9H2,1-7H3. The van der Waals surface area contributed by atoms with Crippen LogP contribution in [0, 0.1) is 0 Å². The van der Waals surface area contributed by atoms with Crippen LogP contribution in [0.15, 0.2) is 0 Å². The fourth-order valence-corrected chi connectivity index (χ4v) is 2.13. The molecule has 1 aliphatic heterocycles. The van der Waals surface area contributed by atoms with Crippen molar-refractivity contribution in [3.63, 3.8) is 0 Å². The maximum atomic E-state index is 2.59. The summed E-state index contributed by atoms with van der Waals surface area (Å²) < 4.78 is 0. The van der Waals surface area contributed by atoms with Crippen LogP contribution in [-0.2, 0) is 0 Å². The highest BCUT2D eigenvalue weighted by molar-refractivity contribution is 4.89. The van der Waals surface area contributed by atoms with Gasteiger partial charge in [-0.15, -0.1) is 0 Å². The molecule has 0 aromatic carbocycles. The molecule has 3 nitrogen and oxygen atoms in total. The summed E-state index contributed by atoms with van der Waals surface area (Å²) in [6, 6.07) is 1.29. The summed E-state index contributed by atoms with van der Waals surface area (Å²) in [5.41, 5.74) is 0.157. The van der Waals surface area contributed by atoms with Crippen molar-refractivity contribution in [1.82, 2.24) is 14.7 Å². The summed E-state index contributed by atoms with van der Waals surface area (Å²) in [5, 5.41) is 0. The quantitative estimate of drug-likeness (QED) is 0.685. The summed E-state index contributed by atoms with van der Waals surface area (Å²) in [7, 11) is 6.55. The highest BCUT2D eigenvalue weighted by atomic mass is 15.4. The lowest BCUT2D eigenvalue weighted by Gasteiger charge is -2.51. The van der Waals surface area contributed by atoms with E-state index in [0.717, 1.165) is 13.1 Å². The second-order valence-corrected chi connectivity index (χ2v) is 5.66. The first kappa shape index (κ1) is 12.9. The minimum absolute atomic E-state index is 0.157. The lowest BCUT2D eigenvalue weighted by atomic mass is 10.0. The Morgan fingerprint density at radius 1 is 1.07 bits per heavy atom. The summed E-state index contributed by atoms with van der Waals surface area (Å²) in [6.45, 7) is 11.6. The van der Waals surface area contributed by atoms with Gasteiger partial charge in [0.15, 0.2) is 0 Å². The van der Waals surface area contributed by atoms with Gasteiger partial charge in [-0.25, -0.2) is 0 Å². The van der Waals surface area contributed by atoms with E-state index in [1.807, 2.05) is 0 Å². The number of rotatable bonds is 2. The minimum Gasteiger partial charge on any atom is -0.298 e. The topological polar surface area (TPSA) is 9.72 Å². The number of nitrogens with zero attached hydrogens (tertiary/aromatic N) is 3. The molecular formula is C12H27N3. The molecule has 0 spiro atoms. The van der Waals surface area contributed by atoms with Crippen molar-refractivity contribution >= 4 is 0 Å². The van der Waals surface area contributed by atoms with E-state index in [2.05, 4.69) is 63.5 Å². The lowest BCUT2D eigenvalue weighted by Crippen LogP contribution is -2.64. The average molecular weight is 213 g/mol. The van der Waals surface area contributed by atoms with E-state index in [-0.39, 0.29) is 5.66 Å². The van der Waals surface area contributed by atoms with E-state index in [1.54, 1.807) is 0 Å². The van der Waals surface area contributed by atoms with E-state index in [9.17, 15) is 0 Å². The van der Waals surface area contributed by atoms with Crippen LogP contribution in [0.25, 0.3) is 0 Å². The van der Waals surface area contributed by atoms with Gasteiger partial charge in [0.1, 0.15) is 0 Å². The molecule has 0 aromatic heterocycles. The zero-order chi connectivity index (χ0) is 11.8. The van der Waals surface area contributed by atoms with Gasteiger partial charge in [-0.1, -0.05) is 0 Å². The van der Waals surface area contributed by atoms with Crippen LogP contribution in [0.2, 0.25) is 0 Å². The molecule has 1 rings (SSSR count). The molecule has 0 aliphatic carbocycles. The smallest absolute Gasteiger partial charge is 0.0675 e. The van der Waals surface area contributed by atoms with Gasteiger partial charge in [0, 0.05) is 25.2 Å². The van der Waals surface area contributed by atoms with Crippen LogP contribution < -0.4 is 0 Å². The Morgan fingerprint density at radius 2 is 1.47 bits per heavy atom. The summed E-state index contributed by atoms with van der Waals surface area (Å²) in [6.07, 6.45) is 0. The SMILES string of the molecule is CC1CN(C(C)(C)N(C)C)CC(C)N1C. The molecule has 2 unspecified atom stereocenters. The predicted octanol–water partition coefficient (Wildman–Crippen LogP) is 1.31. The molecule has 3 heteroatoms. The number of hydrogen-bond acceptors (Lipinski definition) is 3. The fraction of sp³-hybridized carbons (Fsp3) is 1.00. The average Bonchev–Trinajstić information content (AvgIpc) is 2.13. The molecule has 0 amide bonds. The second kappa shape index (κ2) is 4.40. The zero-order valence-corrected chi connectivity index (χ0v) is 11.4. The Bertz CT molecular complexity index is 201. The number of hydrogen-bond donors (Lipinski definition) is 0. The largest absolute Gasteiger partial charge is 0.298 e. The zero-order valence-electron chi connectivity index (χ0n) is 11.4. The van der Waals surface area contributed by atoms with E-state index in [1.165, 1.54) is 0 Å². The van der Waals surface area contributed by atoms with Gasteiger partial charge in [-0.3, -0.25) is 14.7 Å². The molecule has 1 fully saturated rings. The summed E-state index contributed by atoms with van der Waals surface area (Å²) >= 11 is 0. The van der Waals surface area contributed by atoms with Crippen molar-refractivity contribution in [2.75, 3.05) is 34.2 Å². The van der Waals surface area contributed by atoms with E-state index in [4.69, 9.17) is 0 Å². The normalized spacial score (nSPS) is 31.2. The monoisotopic (exact) mass is 213 g/mol. The van der Waals surface area contributed by atoms with Crippen molar-refractivity contribution in [2.24, 2.45) is 0 Å². The van der Waals surface area contributed by atoms with Crippen LogP contribution in [0.5, 0.6) is 0 Å². The Balaban J connectivity index is 2.73. The highest BCUT2D eigenvalue weighted by Crippen LogP contribution is 2.23. The van der Waals surface area contributed by atoms with Gasteiger partial charge in [0.2, 0.25) is 0 Å². The molecule has 0 radical (unpaired) electrons. The highest BCUT2D eigenvalue weighted by Gasteiger charge is 2.36. The predicted molar refractivity (Wildman–Crippen MR) is 66.0 cm³/mol. The summed E-state index contributed by atoms with van der Waals surface area (Å²) in [4.78, 5) is 7.36. The van der Waals surface area contributed by atoms with Gasteiger partial charge >= 0.3 is 0 Å². The van der Waals surface area contributed by atoms with Crippen molar-refractivity contribution in [1.29, 1.82) is 0 Å². The number of likely N-dealkylation sites (N-methyl/N-ethyl adjacent to an activating group) is 1. The Labute approximate surface area is 95.0 Å². The van der Waals surface area contributed by atoms with E-state index < -0.39 is 0 Å². The Morgan fingerprint density at radius 3 is 1.80 bits per heavy atom.